The average Bonchev–Trinajstić information content (AvgIpc) is 2.95. The zero-order valence-electron chi connectivity index (χ0n) is 11.4. The highest BCUT2D eigenvalue weighted by Crippen LogP contribution is 2.15. The van der Waals surface area contributed by atoms with E-state index in [1.165, 1.54) is 24.3 Å². The Morgan fingerprint density at radius 2 is 1.95 bits per heavy atom. The third-order valence-corrected chi connectivity index (χ3v) is 4.67. The minimum Gasteiger partial charge on any atom is -0.484 e. The Labute approximate surface area is 127 Å². The number of hydrogen-bond donors (Lipinski definition) is 1. The summed E-state index contributed by atoms with van der Waals surface area (Å²) in [6.45, 7) is 0.372. The zero-order valence-corrected chi connectivity index (χ0v) is 13.0. The number of rotatable bonds is 6. The number of hydrogen-bond acceptors (Lipinski definition) is 5. The molecule has 1 aromatic heterocycles. The van der Waals surface area contributed by atoms with E-state index in [4.69, 9.17) is 4.74 Å². The van der Waals surface area contributed by atoms with E-state index in [1.807, 2.05) is 17.5 Å². The molecule has 0 saturated carbocycles. The van der Waals surface area contributed by atoms with Crippen LogP contribution in [0, 0.1) is 0 Å². The van der Waals surface area contributed by atoms with Gasteiger partial charge in [-0.3, -0.25) is 4.79 Å². The first-order valence-corrected chi connectivity index (χ1v) is 8.94. The van der Waals surface area contributed by atoms with Crippen LogP contribution in [0.25, 0.3) is 0 Å². The topological polar surface area (TPSA) is 72.5 Å². The highest BCUT2D eigenvalue weighted by molar-refractivity contribution is 7.90. The summed E-state index contributed by atoms with van der Waals surface area (Å²) in [6.07, 6.45) is 1.14. The number of carbonyl (C=O) groups is 1. The highest BCUT2D eigenvalue weighted by Gasteiger charge is 2.07. The van der Waals surface area contributed by atoms with Crippen LogP contribution < -0.4 is 10.1 Å². The van der Waals surface area contributed by atoms with E-state index in [-0.39, 0.29) is 17.4 Å². The minimum atomic E-state index is -3.22. The SMILES string of the molecule is CS(=O)(=O)c1ccc(OCC(=O)NCc2cccs2)cc1. The van der Waals surface area contributed by atoms with Crippen LogP contribution in [0.1, 0.15) is 4.88 Å². The maximum Gasteiger partial charge on any atom is 0.258 e. The summed E-state index contributed by atoms with van der Waals surface area (Å²) in [5.74, 6) is 0.226. The Bertz CT molecular complexity index is 691. The van der Waals surface area contributed by atoms with E-state index in [0.29, 0.717) is 12.3 Å². The van der Waals surface area contributed by atoms with Crippen molar-refractivity contribution >= 4 is 27.1 Å². The number of carbonyl (C=O) groups excluding carboxylic acids is 1. The van der Waals surface area contributed by atoms with Crippen LogP contribution in [-0.2, 0) is 21.2 Å². The molecule has 0 aliphatic carbocycles. The predicted molar refractivity (Wildman–Crippen MR) is 81.2 cm³/mol. The third kappa shape index (κ3) is 4.87. The zero-order chi connectivity index (χ0) is 15.3. The number of nitrogens with one attached hydrogen (secondary N) is 1. The summed E-state index contributed by atoms with van der Waals surface area (Å²) in [6, 6.07) is 9.83. The van der Waals surface area contributed by atoms with Gasteiger partial charge >= 0.3 is 0 Å². The Hall–Kier alpha value is -1.86. The molecule has 112 valence electrons. The molecule has 21 heavy (non-hydrogen) atoms. The lowest BCUT2D eigenvalue weighted by Crippen LogP contribution is -2.28. The number of sulfone groups is 1. The van der Waals surface area contributed by atoms with Crippen LogP contribution in [0.2, 0.25) is 0 Å². The fourth-order valence-electron chi connectivity index (χ4n) is 1.58. The van der Waals surface area contributed by atoms with Gasteiger partial charge in [-0.15, -0.1) is 11.3 Å². The van der Waals surface area contributed by atoms with Gasteiger partial charge in [-0.1, -0.05) is 6.07 Å². The van der Waals surface area contributed by atoms with E-state index >= 15 is 0 Å². The largest absolute Gasteiger partial charge is 0.484 e. The van der Waals surface area contributed by atoms with Gasteiger partial charge in [-0.25, -0.2) is 8.42 Å². The second kappa shape index (κ2) is 6.73. The molecule has 2 rings (SSSR count). The van der Waals surface area contributed by atoms with Gasteiger partial charge in [0.1, 0.15) is 5.75 Å². The number of thiophene rings is 1. The van der Waals surface area contributed by atoms with Gasteiger partial charge in [0.2, 0.25) is 0 Å². The highest BCUT2D eigenvalue weighted by atomic mass is 32.2. The van der Waals surface area contributed by atoms with Crippen LogP contribution in [0.3, 0.4) is 0 Å². The third-order valence-electron chi connectivity index (χ3n) is 2.66. The van der Waals surface area contributed by atoms with Gasteiger partial charge in [0, 0.05) is 11.1 Å². The van der Waals surface area contributed by atoms with Crippen molar-refractivity contribution in [2.45, 2.75) is 11.4 Å². The molecule has 1 aromatic carbocycles. The second-order valence-corrected chi connectivity index (χ2v) is 7.44. The molecule has 2 aromatic rings. The quantitative estimate of drug-likeness (QED) is 0.880. The molecule has 0 aliphatic rings. The fourth-order valence-corrected chi connectivity index (χ4v) is 2.86. The Morgan fingerprint density at radius 3 is 2.52 bits per heavy atom. The van der Waals surface area contributed by atoms with E-state index in [9.17, 15) is 13.2 Å². The van der Waals surface area contributed by atoms with Gasteiger partial charge in [0.25, 0.3) is 5.91 Å². The van der Waals surface area contributed by atoms with Crippen LogP contribution in [0.15, 0.2) is 46.7 Å². The lowest BCUT2D eigenvalue weighted by molar-refractivity contribution is -0.123. The molecule has 1 heterocycles. The van der Waals surface area contributed by atoms with Crippen molar-refractivity contribution in [2.75, 3.05) is 12.9 Å². The van der Waals surface area contributed by atoms with Crippen LogP contribution in [0.5, 0.6) is 5.75 Å². The average molecular weight is 325 g/mol. The number of benzene rings is 1. The molecule has 0 radical (unpaired) electrons. The molecule has 0 bridgehead atoms. The molecule has 0 saturated heterocycles. The first-order valence-electron chi connectivity index (χ1n) is 6.17. The monoisotopic (exact) mass is 325 g/mol. The summed E-state index contributed by atoms with van der Waals surface area (Å²) >= 11 is 1.57. The molecule has 1 amide bonds. The maximum atomic E-state index is 11.6. The maximum absolute atomic E-state index is 11.6. The van der Waals surface area contributed by atoms with E-state index < -0.39 is 9.84 Å². The molecule has 5 nitrogen and oxygen atoms in total. The number of amides is 1. The van der Waals surface area contributed by atoms with Crippen molar-refractivity contribution in [3.63, 3.8) is 0 Å². The molecule has 0 spiro atoms. The van der Waals surface area contributed by atoms with Crippen LogP contribution in [0.4, 0.5) is 0 Å². The number of ether oxygens (including phenoxy) is 1. The summed E-state index contributed by atoms with van der Waals surface area (Å²) in [4.78, 5) is 12.9. The van der Waals surface area contributed by atoms with Crippen molar-refractivity contribution in [1.82, 2.24) is 5.32 Å². The standard InChI is InChI=1S/C14H15NO4S2/c1-21(17,18)13-6-4-11(5-7-13)19-10-14(16)15-9-12-3-2-8-20-12/h2-8H,9-10H2,1H3,(H,15,16). The van der Waals surface area contributed by atoms with Gasteiger partial charge < -0.3 is 10.1 Å². The summed E-state index contributed by atoms with van der Waals surface area (Å²) in [5.41, 5.74) is 0. The Balaban J connectivity index is 1.81. The molecule has 7 heteroatoms. The van der Waals surface area contributed by atoms with E-state index in [0.717, 1.165) is 11.1 Å². The second-order valence-electron chi connectivity index (χ2n) is 4.39. The lowest BCUT2D eigenvalue weighted by atomic mass is 10.3. The van der Waals surface area contributed by atoms with Crippen LogP contribution in [-0.4, -0.2) is 27.2 Å². The summed E-state index contributed by atoms with van der Waals surface area (Å²) < 4.78 is 27.9. The lowest BCUT2D eigenvalue weighted by Gasteiger charge is -2.07. The van der Waals surface area contributed by atoms with Gasteiger partial charge in [0.15, 0.2) is 16.4 Å². The molecular formula is C14H15NO4S2. The molecule has 0 aliphatic heterocycles. The van der Waals surface area contributed by atoms with Gasteiger partial charge in [0.05, 0.1) is 11.4 Å². The Morgan fingerprint density at radius 1 is 1.24 bits per heavy atom. The van der Waals surface area contributed by atoms with Crippen LogP contribution >= 0.6 is 11.3 Å². The van der Waals surface area contributed by atoms with Crippen molar-refractivity contribution in [3.05, 3.63) is 46.7 Å². The van der Waals surface area contributed by atoms with Crippen molar-refractivity contribution < 1.29 is 17.9 Å². The summed E-state index contributed by atoms with van der Waals surface area (Å²) in [5, 5.41) is 4.69. The molecular weight excluding hydrogens is 310 g/mol. The predicted octanol–water partition coefficient (Wildman–Crippen LogP) is 1.85. The molecule has 0 atom stereocenters. The minimum absolute atomic E-state index is 0.108. The molecule has 0 fully saturated rings. The van der Waals surface area contributed by atoms with E-state index in [2.05, 4.69) is 5.32 Å². The van der Waals surface area contributed by atoms with Crippen molar-refractivity contribution in [3.8, 4) is 5.75 Å². The normalized spacial score (nSPS) is 11.1. The molecule has 1 N–H and O–H groups in total. The first-order chi connectivity index (χ1) is 9.95. The van der Waals surface area contributed by atoms with E-state index in [1.54, 1.807) is 11.3 Å². The van der Waals surface area contributed by atoms with Crippen molar-refractivity contribution in [1.29, 1.82) is 0 Å². The first kappa shape index (κ1) is 15.5. The summed E-state index contributed by atoms with van der Waals surface area (Å²) in [7, 11) is -3.22. The van der Waals surface area contributed by atoms with Gasteiger partial charge in [-0.05, 0) is 35.7 Å². The fraction of sp³-hybridized carbons (Fsp3) is 0.214. The molecule has 0 unspecified atom stereocenters. The van der Waals surface area contributed by atoms with Crippen molar-refractivity contribution in [2.24, 2.45) is 0 Å². The van der Waals surface area contributed by atoms with Gasteiger partial charge in [-0.2, -0.15) is 0 Å². The Kier molecular flexibility index (Phi) is 4.98. The smallest absolute Gasteiger partial charge is 0.258 e.